The van der Waals surface area contributed by atoms with Gasteiger partial charge in [-0.05, 0) is 31.0 Å². The van der Waals surface area contributed by atoms with Crippen molar-refractivity contribution in [1.29, 1.82) is 0 Å². The Hall–Kier alpha value is -3.04. The average molecular weight is 412 g/mol. The van der Waals surface area contributed by atoms with Gasteiger partial charge in [-0.3, -0.25) is 4.79 Å². The van der Waals surface area contributed by atoms with Gasteiger partial charge >= 0.3 is 12.2 Å². The number of hydrogen-bond acceptors (Lipinski definition) is 4. The molecule has 0 fully saturated rings. The van der Waals surface area contributed by atoms with E-state index in [9.17, 15) is 22.8 Å². The molecule has 1 aromatic heterocycles. The molecule has 2 N–H and O–H groups in total. The number of benzene rings is 1. The Morgan fingerprint density at radius 3 is 2.62 bits per heavy atom. The lowest BCUT2D eigenvalue weighted by atomic mass is 10.2. The third-order valence-corrected chi connectivity index (χ3v) is 3.87. The van der Waals surface area contributed by atoms with Crippen molar-refractivity contribution in [2.24, 2.45) is 0 Å². The minimum absolute atomic E-state index is 0.0259. The van der Waals surface area contributed by atoms with Crippen LogP contribution in [0.4, 0.5) is 23.7 Å². The van der Waals surface area contributed by atoms with Gasteiger partial charge in [-0.25, -0.2) is 9.78 Å². The third kappa shape index (κ3) is 6.51. The molecule has 0 saturated carbocycles. The monoisotopic (exact) mass is 412 g/mol. The molecule has 0 unspecified atom stereocenters. The van der Waals surface area contributed by atoms with E-state index in [0.29, 0.717) is 19.5 Å². The number of halogens is 3. The van der Waals surface area contributed by atoms with Crippen molar-refractivity contribution in [1.82, 2.24) is 15.2 Å². The summed E-state index contributed by atoms with van der Waals surface area (Å²) in [6, 6.07) is 3.79. The highest BCUT2D eigenvalue weighted by molar-refractivity contribution is 5.92. The van der Waals surface area contributed by atoms with Gasteiger partial charge in [0.2, 0.25) is 5.89 Å². The summed E-state index contributed by atoms with van der Waals surface area (Å²) in [5, 5.41) is 5.12. The van der Waals surface area contributed by atoms with Crippen LogP contribution < -0.4 is 10.6 Å². The second-order valence-corrected chi connectivity index (χ2v) is 6.31. The summed E-state index contributed by atoms with van der Waals surface area (Å²) in [5.41, 5.74) is -0.728. The summed E-state index contributed by atoms with van der Waals surface area (Å²) in [6.45, 7) is 4.57. The average Bonchev–Trinajstić information content (AvgIpc) is 3.14. The molecule has 0 aliphatic rings. The first-order valence-corrected chi connectivity index (χ1v) is 9.20. The van der Waals surface area contributed by atoms with Crippen LogP contribution in [0, 0.1) is 0 Å². The lowest BCUT2D eigenvalue weighted by Gasteiger charge is -2.21. The molecule has 0 radical (unpaired) electrons. The van der Waals surface area contributed by atoms with E-state index in [1.807, 2.05) is 13.8 Å². The first kappa shape index (κ1) is 22.3. The van der Waals surface area contributed by atoms with E-state index >= 15 is 0 Å². The van der Waals surface area contributed by atoms with E-state index in [2.05, 4.69) is 15.6 Å². The quantitative estimate of drug-likeness (QED) is 0.678. The molecular weight excluding hydrogens is 389 g/mol. The number of carbonyl (C=O) groups is 2. The highest BCUT2D eigenvalue weighted by Crippen LogP contribution is 2.30. The molecule has 0 atom stereocenters. The van der Waals surface area contributed by atoms with Crippen molar-refractivity contribution in [3.8, 4) is 0 Å². The van der Waals surface area contributed by atoms with E-state index in [1.165, 1.54) is 23.3 Å². The van der Waals surface area contributed by atoms with E-state index in [0.717, 1.165) is 18.6 Å². The van der Waals surface area contributed by atoms with E-state index in [4.69, 9.17) is 4.42 Å². The zero-order valence-corrected chi connectivity index (χ0v) is 16.2. The van der Waals surface area contributed by atoms with Gasteiger partial charge in [0.15, 0.2) is 5.69 Å². The molecule has 2 rings (SSSR count). The molecule has 3 amide bonds. The second-order valence-electron chi connectivity index (χ2n) is 6.31. The Kier molecular flexibility index (Phi) is 7.63. The minimum Gasteiger partial charge on any atom is -0.446 e. The van der Waals surface area contributed by atoms with Crippen LogP contribution in [0.3, 0.4) is 0 Å². The van der Waals surface area contributed by atoms with Crippen LogP contribution in [0.2, 0.25) is 0 Å². The fourth-order valence-electron chi connectivity index (χ4n) is 2.48. The molecule has 7 nitrogen and oxygen atoms in total. The molecule has 2 aromatic rings. The minimum atomic E-state index is -4.50. The number of aromatic nitrogens is 1. The summed E-state index contributed by atoms with van der Waals surface area (Å²) in [5.74, 6) is -0.225. The number of amides is 3. The third-order valence-electron chi connectivity index (χ3n) is 3.87. The number of carbonyl (C=O) groups excluding carboxylic acids is 2. The van der Waals surface area contributed by atoms with Gasteiger partial charge in [0.25, 0.3) is 5.91 Å². The molecule has 29 heavy (non-hydrogen) atoms. The molecule has 0 aliphatic carbocycles. The Bertz CT molecular complexity index is 836. The zero-order chi connectivity index (χ0) is 21.4. The number of alkyl halides is 3. The fourth-order valence-corrected chi connectivity index (χ4v) is 2.48. The van der Waals surface area contributed by atoms with Crippen molar-refractivity contribution in [3.05, 3.63) is 47.7 Å². The van der Waals surface area contributed by atoms with Crippen molar-refractivity contribution >= 4 is 17.6 Å². The number of hydrogen-bond donors (Lipinski definition) is 2. The Balaban J connectivity index is 2.07. The summed E-state index contributed by atoms with van der Waals surface area (Å²) in [7, 11) is 0. The number of urea groups is 1. The number of rotatable bonds is 8. The first-order valence-electron chi connectivity index (χ1n) is 9.20. The van der Waals surface area contributed by atoms with Gasteiger partial charge in [0.1, 0.15) is 6.26 Å². The lowest BCUT2D eigenvalue weighted by molar-refractivity contribution is -0.137. The largest absolute Gasteiger partial charge is 0.446 e. The lowest BCUT2D eigenvalue weighted by Crippen LogP contribution is -2.35. The normalized spacial score (nSPS) is 11.2. The summed E-state index contributed by atoms with van der Waals surface area (Å²) >= 11 is 0. The molecule has 10 heteroatoms. The smallest absolute Gasteiger partial charge is 0.416 e. The number of oxazole rings is 1. The Labute approximate surface area is 166 Å². The standard InChI is InChI=1S/C19H23F3N4O3/c1-3-8-23-17(27)15-12-29-16(25-15)11-26(9-4-2)18(28)24-14-7-5-6-13(10-14)19(20,21)22/h5-7,10,12H,3-4,8-9,11H2,1-2H3,(H,23,27)(H,24,28). The van der Waals surface area contributed by atoms with Crippen LogP contribution in [0.1, 0.15) is 48.6 Å². The van der Waals surface area contributed by atoms with Gasteiger partial charge in [0.05, 0.1) is 12.1 Å². The maximum absolute atomic E-state index is 12.8. The van der Waals surface area contributed by atoms with Crippen LogP contribution in [0.25, 0.3) is 0 Å². The SMILES string of the molecule is CCCNC(=O)c1coc(CN(CCC)C(=O)Nc2cccc(C(F)(F)F)c2)n1. The van der Waals surface area contributed by atoms with Crippen molar-refractivity contribution in [2.45, 2.75) is 39.4 Å². The maximum Gasteiger partial charge on any atom is 0.416 e. The predicted octanol–water partition coefficient (Wildman–Crippen LogP) is 4.28. The number of nitrogens with one attached hydrogen (secondary N) is 2. The molecule has 1 heterocycles. The summed E-state index contributed by atoms with van der Waals surface area (Å²) < 4.78 is 43.8. The highest BCUT2D eigenvalue weighted by atomic mass is 19.4. The highest BCUT2D eigenvalue weighted by Gasteiger charge is 2.30. The topological polar surface area (TPSA) is 87.5 Å². The molecule has 1 aromatic carbocycles. The van der Waals surface area contributed by atoms with E-state index in [-0.39, 0.29) is 29.7 Å². The van der Waals surface area contributed by atoms with Crippen molar-refractivity contribution in [3.63, 3.8) is 0 Å². The van der Waals surface area contributed by atoms with Crippen LogP contribution in [-0.2, 0) is 12.7 Å². The van der Waals surface area contributed by atoms with Gasteiger partial charge in [-0.15, -0.1) is 0 Å². The summed E-state index contributed by atoms with van der Waals surface area (Å²) in [4.78, 5) is 29.9. The first-order chi connectivity index (χ1) is 13.7. The van der Waals surface area contributed by atoms with Crippen LogP contribution in [-0.4, -0.2) is 34.9 Å². The summed E-state index contributed by atoms with van der Waals surface area (Å²) in [6.07, 6.45) is -1.91. The van der Waals surface area contributed by atoms with Crippen molar-refractivity contribution < 1.29 is 27.2 Å². The van der Waals surface area contributed by atoms with Crippen LogP contribution in [0.5, 0.6) is 0 Å². The van der Waals surface area contributed by atoms with Gasteiger partial charge in [-0.1, -0.05) is 19.9 Å². The molecule has 0 bridgehead atoms. The molecule has 0 aliphatic heterocycles. The van der Waals surface area contributed by atoms with Gasteiger partial charge < -0.3 is 20.0 Å². The molecule has 158 valence electrons. The van der Waals surface area contributed by atoms with Gasteiger partial charge in [-0.2, -0.15) is 13.2 Å². The number of nitrogens with zero attached hydrogens (tertiary/aromatic N) is 2. The molecule has 0 saturated heterocycles. The second kappa shape index (κ2) is 9.94. The van der Waals surface area contributed by atoms with Crippen LogP contribution >= 0.6 is 0 Å². The fraction of sp³-hybridized carbons (Fsp3) is 0.421. The zero-order valence-electron chi connectivity index (χ0n) is 16.2. The van der Waals surface area contributed by atoms with Crippen LogP contribution in [0.15, 0.2) is 34.9 Å². The molecule has 0 spiro atoms. The Morgan fingerprint density at radius 1 is 1.21 bits per heavy atom. The number of anilines is 1. The molecular formula is C19H23F3N4O3. The predicted molar refractivity (Wildman–Crippen MR) is 100 cm³/mol. The maximum atomic E-state index is 12.8. The van der Waals surface area contributed by atoms with E-state index in [1.54, 1.807) is 0 Å². The van der Waals surface area contributed by atoms with Gasteiger partial charge in [0, 0.05) is 18.8 Å². The van der Waals surface area contributed by atoms with E-state index < -0.39 is 17.8 Å². The van der Waals surface area contributed by atoms with Crippen molar-refractivity contribution in [2.75, 3.05) is 18.4 Å². The Morgan fingerprint density at radius 2 is 1.97 bits per heavy atom.